The van der Waals surface area contributed by atoms with Gasteiger partial charge in [0.2, 0.25) is 12.1 Å². The lowest BCUT2D eigenvalue weighted by atomic mass is 10.1. The van der Waals surface area contributed by atoms with Gasteiger partial charge in [-0.25, -0.2) is 0 Å². The SMILES string of the molecule is CCN1C(=CC=Cc2cc[n+](CC(N)=O)c3ccccc23)Sc2ccc3ccccc3c21. The van der Waals surface area contributed by atoms with Crippen molar-refractivity contribution in [1.82, 2.24) is 0 Å². The van der Waals surface area contributed by atoms with Gasteiger partial charge < -0.3 is 10.6 Å². The first-order valence-electron chi connectivity index (χ1n) is 10.7. The summed E-state index contributed by atoms with van der Waals surface area (Å²) in [5.41, 5.74) is 8.81. The fourth-order valence-corrected chi connectivity index (χ4v) is 5.46. The summed E-state index contributed by atoms with van der Waals surface area (Å²) in [6.45, 7) is 3.27. The van der Waals surface area contributed by atoms with Crippen LogP contribution in [0.15, 0.2) is 95.0 Å². The Balaban J connectivity index is 1.49. The molecule has 1 aliphatic rings. The first kappa shape index (κ1) is 20.3. The van der Waals surface area contributed by atoms with Crippen molar-refractivity contribution in [3.63, 3.8) is 0 Å². The molecule has 0 bridgehead atoms. The van der Waals surface area contributed by atoms with E-state index < -0.39 is 0 Å². The van der Waals surface area contributed by atoms with Gasteiger partial charge in [-0.2, -0.15) is 4.57 Å². The zero-order chi connectivity index (χ0) is 22.1. The Morgan fingerprint density at radius 3 is 2.62 bits per heavy atom. The van der Waals surface area contributed by atoms with Crippen LogP contribution in [0.3, 0.4) is 0 Å². The lowest BCUT2D eigenvalue weighted by molar-refractivity contribution is -0.658. The van der Waals surface area contributed by atoms with Gasteiger partial charge in [0.1, 0.15) is 0 Å². The fraction of sp³-hybridized carbons (Fsp3) is 0.111. The average molecular weight is 439 g/mol. The van der Waals surface area contributed by atoms with Crippen molar-refractivity contribution in [1.29, 1.82) is 0 Å². The highest BCUT2D eigenvalue weighted by Crippen LogP contribution is 2.49. The predicted octanol–water partition coefficient (Wildman–Crippen LogP) is 5.25. The van der Waals surface area contributed by atoms with E-state index in [1.807, 2.05) is 46.8 Å². The number of amides is 1. The van der Waals surface area contributed by atoms with Crippen LogP contribution in [0, 0.1) is 0 Å². The van der Waals surface area contributed by atoms with Crippen LogP contribution in [0.1, 0.15) is 12.5 Å². The van der Waals surface area contributed by atoms with Crippen molar-refractivity contribution in [3.8, 4) is 0 Å². The summed E-state index contributed by atoms with van der Waals surface area (Å²) >= 11 is 1.81. The molecule has 4 nitrogen and oxygen atoms in total. The minimum absolute atomic E-state index is 0.170. The molecule has 2 heterocycles. The number of rotatable bonds is 5. The number of carbonyl (C=O) groups excluding carboxylic acids is 1. The molecular formula is C27H24N3OS+. The van der Waals surface area contributed by atoms with Gasteiger partial charge in [0, 0.05) is 29.0 Å². The maximum absolute atomic E-state index is 11.4. The van der Waals surface area contributed by atoms with Crippen molar-refractivity contribution < 1.29 is 9.36 Å². The monoisotopic (exact) mass is 438 g/mol. The highest BCUT2D eigenvalue weighted by Gasteiger charge is 2.25. The van der Waals surface area contributed by atoms with E-state index in [2.05, 4.69) is 72.5 Å². The first-order valence-corrected chi connectivity index (χ1v) is 11.5. The quantitative estimate of drug-likeness (QED) is 0.433. The summed E-state index contributed by atoms with van der Waals surface area (Å²) in [5, 5.41) is 4.87. The summed E-state index contributed by atoms with van der Waals surface area (Å²) in [6, 6.07) is 23.1. The van der Waals surface area contributed by atoms with Crippen molar-refractivity contribution in [2.24, 2.45) is 5.73 Å². The molecule has 5 rings (SSSR count). The van der Waals surface area contributed by atoms with Gasteiger partial charge >= 0.3 is 0 Å². The number of thioether (sulfide) groups is 1. The highest BCUT2D eigenvalue weighted by molar-refractivity contribution is 8.03. The number of benzene rings is 3. The molecule has 2 N–H and O–H groups in total. The van der Waals surface area contributed by atoms with E-state index in [4.69, 9.17) is 5.73 Å². The molecule has 158 valence electrons. The van der Waals surface area contributed by atoms with Crippen LogP contribution in [0.25, 0.3) is 27.8 Å². The van der Waals surface area contributed by atoms with Crippen LogP contribution in [-0.4, -0.2) is 12.5 Å². The minimum Gasteiger partial charge on any atom is -0.364 e. The molecule has 5 heteroatoms. The van der Waals surface area contributed by atoms with E-state index in [9.17, 15) is 4.79 Å². The van der Waals surface area contributed by atoms with Crippen molar-refractivity contribution in [2.45, 2.75) is 18.4 Å². The largest absolute Gasteiger partial charge is 0.364 e. The Kier molecular flexibility index (Phi) is 5.41. The molecule has 0 radical (unpaired) electrons. The Morgan fingerprint density at radius 1 is 1.03 bits per heavy atom. The van der Waals surface area contributed by atoms with Crippen LogP contribution in [-0.2, 0) is 11.3 Å². The van der Waals surface area contributed by atoms with Gasteiger partial charge in [-0.05, 0) is 36.1 Å². The van der Waals surface area contributed by atoms with E-state index in [0.29, 0.717) is 0 Å². The number of fused-ring (bicyclic) bond motifs is 4. The molecule has 32 heavy (non-hydrogen) atoms. The number of carbonyl (C=O) groups is 1. The van der Waals surface area contributed by atoms with Crippen molar-refractivity contribution in [2.75, 3.05) is 11.4 Å². The number of anilines is 1. The van der Waals surface area contributed by atoms with E-state index in [1.165, 1.54) is 26.4 Å². The summed E-state index contributed by atoms with van der Waals surface area (Å²) < 4.78 is 1.89. The average Bonchev–Trinajstić information content (AvgIpc) is 3.18. The van der Waals surface area contributed by atoms with Gasteiger partial charge in [0.05, 0.1) is 16.1 Å². The van der Waals surface area contributed by atoms with Crippen LogP contribution in [0.4, 0.5) is 5.69 Å². The molecule has 3 aromatic carbocycles. The molecule has 0 spiro atoms. The summed E-state index contributed by atoms with van der Waals surface area (Å²) in [4.78, 5) is 15.1. The number of hydrogen-bond donors (Lipinski definition) is 1. The van der Waals surface area contributed by atoms with E-state index >= 15 is 0 Å². The van der Waals surface area contributed by atoms with Crippen LogP contribution < -0.4 is 15.2 Å². The van der Waals surface area contributed by atoms with Crippen LogP contribution in [0.2, 0.25) is 0 Å². The third-order valence-corrected chi connectivity index (χ3v) is 6.84. The van der Waals surface area contributed by atoms with Crippen molar-refractivity contribution >= 4 is 51.1 Å². The maximum atomic E-state index is 11.4. The summed E-state index contributed by atoms with van der Waals surface area (Å²) in [5.74, 6) is -0.349. The molecule has 1 amide bonds. The maximum Gasteiger partial charge on any atom is 0.283 e. The number of hydrogen-bond acceptors (Lipinski definition) is 3. The number of pyridine rings is 1. The number of para-hydroxylation sites is 1. The van der Waals surface area contributed by atoms with Crippen LogP contribution >= 0.6 is 11.8 Å². The number of allylic oxidation sites excluding steroid dienone is 2. The molecular weight excluding hydrogens is 414 g/mol. The lowest BCUT2D eigenvalue weighted by Gasteiger charge is -2.19. The fourth-order valence-electron chi connectivity index (χ4n) is 4.31. The van der Waals surface area contributed by atoms with Gasteiger partial charge in [-0.15, -0.1) is 0 Å². The molecule has 0 saturated carbocycles. The standard InChI is InChI=1S/C27H23N3OS/c1-2-30-26(32-24-15-14-19-8-3-4-11-22(19)27(24)30)13-7-9-20-16-17-29(18-25(28)31)23-12-6-5-10-21(20)23/h3-17H,2,18H2,1H3,(H-,28,31)/p+1. The van der Waals surface area contributed by atoms with Gasteiger partial charge in [-0.1, -0.05) is 66.4 Å². The van der Waals surface area contributed by atoms with Crippen LogP contribution in [0.5, 0.6) is 0 Å². The second-order valence-corrected chi connectivity index (χ2v) is 8.79. The number of nitrogens with zero attached hydrogens (tertiary/aromatic N) is 2. The second-order valence-electron chi connectivity index (χ2n) is 7.73. The zero-order valence-corrected chi connectivity index (χ0v) is 18.7. The molecule has 4 aromatic rings. The molecule has 1 aliphatic heterocycles. The Bertz CT molecular complexity index is 1410. The van der Waals surface area contributed by atoms with E-state index in [0.717, 1.165) is 23.0 Å². The number of aromatic nitrogens is 1. The second kappa shape index (κ2) is 8.52. The molecule has 0 fully saturated rings. The van der Waals surface area contributed by atoms with Gasteiger partial charge in [0.25, 0.3) is 5.91 Å². The smallest absolute Gasteiger partial charge is 0.283 e. The summed E-state index contributed by atoms with van der Waals surface area (Å²) in [7, 11) is 0. The highest BCUT2D eigenvalue weighted by atomic mass is 32.2. The Hall–Kier alpha value is -3.57. The molecule has 0 atom stereocenters. The van der Waals surface area contributed by atoms with Crippen molar-refractivity contribution in [3.05, 3.63) is 95.7 Å². The minimum atomic E-state index is -0.349. The lowest BCUT2D eigenvalue weighted by Crippen LogP contribution is -2.41. The zero-order valence-electron chi connectivity index (χ0n) is 17.9. The topological polar surface area (TPSA) is 50.2 Å². The molecule has 0 unspecified atom stereocenters. The number of nitrogens with two attached hydrogens (primary N) is 1. The number of primary amides is 1. The molecule has 0 saturated heterocycles. The van der Waals surface area contributed by atoms with E-state index in [-0.39, 0.29) is 12.5 Å². The Labute approximate surface area is 191 Å². The van der Waals surface area contributed by atoms with Gasteiger partial charge in [0.15, 0.2) is 6.20 Å². The Morgan fingerprint density at radius 2 is 1.81 bits per heavy atom. The third-order valence-electron chi connectivity index (χ3n) is 5.73. The predicted molar refractivity (Wildman–Crippen MR) is 133 cm³/mol. The third kappa shape index (κ3) is 3.65. The summed E-state index contributed by atoms with van der Waals surface area (Å²) in [6.07, 6.45) is 8.34. The van der Waals surface area contributed by atoms with Gasteiger partial charge in [-0.3, -0.25) is 4.79 Å². The molecule has 1 aromatic heterocycles. The normalized spacial score (nSPS) is 14.7. The first-order chi connectivity index (χ1) is 15.7. The molecule has 0 aliphatic carbocycles. The van der Waals surface area contributed by atoms with E-state index in [1.54, 1.807) is 0 Å².